The van der Waals surface area contributed by atoms with E-state index in [0.717, 1.165) is 6.20 Å². The van der Waals surface area contributed by atoms with Crippen molar-refractivity contribution in [1.29, 1.82) is 0 Å². The predicted octanol–water partition coefficient (Wildman–Crippen LogP) is 3.11. The van der Waals surface area contributed by atoms with Crippen LogP contribution >= 0.6 is 0 Å². The normalized spacial score (nSPS) is 10.2. The minimum atomic E-state index is -0.525. The molecule has 20 heavy (non-hydrogen) atoms. The van der Waals surface area contributed by atoms with Gasteiger partial charge in [-0.15, -0.1) is 0 Å². The van der Waals surface area contributed by atoms with Crippen LogP contribution in [0.4, 0.5) is 4.39 Å². The molecule has 0 spiro atoms. The van der Waals surface area contributed by atoms with Gasteiger partial charge in [0.25, 0.3) is 0 Å². The molecule has 4 nitrogen and oxygen atoms in total. The first-order chi connectivity index (χ1) is 9.69. The lowest BCUT2D eigenvalue weighted by Crippen LogP contribution is -1.97. The molecule has 104 valence electrons. The lowest BCUT2D eigenvalue weighted by Gasteiger charge is -2.10. The van der Waals surface area contributed by atoms with Gasteiger partial charge in [0.15, 0.2) is 6.29 Å². The minimum Gasteiger partial charge on any atom is -0.494 e. The number of hydrogen-bond donors (Lipinski definition) is 0. The lowest BCUT2D eigenvalue weighted by molar-refractivity contribution is 0.112. The Morgan fingerprint density at radius 1 is 1.30 bits per heavy atom. The van der Waals surface area contributed by atoms with Crippen LogP contribution in [0, 0.1) is 5.82 Å². The zero-order valence-electron chi connectivity index (χ0n) is 11.2. The number of aromatic nitrogens is 1. The number of hydrogen-bond acceptors (Lipinski definition) is 4. The highest BCUT2D eigenvalue weighted by atomic mass is 19.1. The first-order valence-electron chi connectivity index (χ1n) is 6.11. The summed E-state index contributed by atoms with van der Waals surface area (Å²) < 4.78 is 24.3. The highest BCUT2D eigenvalue weighted by Crippen LogP contribution is 2.31. The number of halogens is 1. The smallest absolute Gasteiger partial charge is 0.213 e. The van der Waals surface area contributed by atoms with E-state index in [0.29, 0.717) is 29.8 Å². The number of methoxy groups -OCH3 is 1. The maximum Gasteiger partial charge on any atom is 0.213 e. The van der Waals surface area contributed by atoms with E-state index in [1.807, 2.05) is 6.92 Å². The van der Waals surface area contributed by atoms with Crippen molar-refractivity contribution in [1.82, 2.24) is 4.98 Å². The Labute approximate surface area is 116 Å². The number of carbonyl (C=O) groups is 1. The summed E-state index contributed by atoms with van der Waals surface area (Å²) in [5, 5.41) is 0. The molecule has 0 aliphatic heterocycles. The van der Waals surface area contributed by atoms with Gasteiger partial charge in [0.1, 0.15) is 11.6 Å². The SMILES string of the molecule is CCOc1ccc(C=O)c(-c2cc(OC)ncc2F)c1. The minimum absolute atomic E-state index is 0.250. The summed E-state index contributed by atoms with van der Waals surface area (Å²) in [6, 6.07) is 6.35. The Bertz CT molecular complexity index is 629. The number of pyridine rings is 1. The van der Waals surface area contributed by atoms with Gasteiger partial charge in [-0.3, -0.25) is 4.79 Å². The van der Waals surface area contributed by atoms with Crippen LogP contribution < -0.4 is 9.47 Å². The molecule has 0 unspecified atom stereocenters. The molecule has 0 saturated heterocycles. The molecule has 0 atom stereocenters. The van der Waals surface area contributed by atoms with Gasteiger partial charge in [-0.1, -0.05) is 0 Å². The van der Waals surface area contributed by atoms with Crippen LogP contribution in [-0.2, 0) is 0 Å². The van der Waals surface area contributed by atoms with Gasteiger partial charge in [0.05, 0.1) is 19.9 Å². The molecule has 1 aromatic carbocycles. The third-order valence-electron chi connectivity index (χ3n) is 2.79. The third-order valence-corrected chi connectivity index (χ3v) is 2.79. The summed E-state index contributed by atoms with van der Waals surface area (Å²) in [5.74, 6) is 0.325. The number of ether oxygens (including phenoxy) is 2. The molecule has 2 aromatic rings. The Morgan fingerprint density at radius 2 is 2.10 bits per heavy atom. The second-order valence-corrected chi connectivity index (χ2v) is 4.01. The van der Waals surface area contributed by atoms with Crippen molar-refractivity contribution in [2.24, 2.45) is 0 Å². The predicted molar refractivity (Wildman–Crippen MR) is 72.7 cm³/mol. The highest BCUT2D eigenvalue weighted by molar-refractivity contribution is 5.88. The second kappa shape index (κ2) is 6.14. The van der Waals surface area contributed by atoms with Crippen molar-refractivity contribution in [2.75, 3.05) is 13.7 Å². The Balaban J connectivity index is 2.60. The van der Waals surface area contributed by atoms with Crippen molar-refractivity contribution in [2.45, 2.75) is 6.92 Å². The summed E-state index contributed by atoms with van der Waals surface area (Å²) in [6.45, 7) is 2.34. The molecule has 0 radical (unpaired) electrons. The Kier molecular flexibility index (Phi) is 4.30. The standard InChI is InChI=1S/C15H14FNO3/c1-3-20-11-5-4-10(9-18)12(6-11)13-7-15(19-2)17-8-14(13)16/h4-9H,3H2,1-2H3. The average molecular weight is 275 g/mol. The Morgan fingerprint density at radius 3 is 2.75 bits per heavy atom. The monoisotopic (exact) mass is 275 g/mol. The van der Waals surface area contributed by atoms with E-state index in [-0.39, 0.29) is 11.4 Å². The average Bonchev–Trinajstić information content (AvgIpc) is 2.48. The van der Waals surface area contributed by atoms with Crippen molar-refractivity contribution in [3.05, 3.63) is 41.8 Å². The maximum absolute atomic E-state index is 14.0. The highest BCUT2D eigenvalue weighted by Gasteiger charge is 2.13. The van der Waals surface area contributed by atoms with E-state index in [4.69, 9.17) is 9.47 Å². The van der Waals surface area contributed by atoms with Gasteiger partial charge in [-0.2, -0.15) is 0 Å². The fraction of sp³-hybridized carbons (Fsp3) is 0.200. The van der Waals surface area contributed by atoms with E-state index in [1.165, 1.54) is 13.2 Å². The van der Waals surface area contributed by atoms with Crippen LogP contribution in [0.5, 0.6) is 11.6 Å². The van der Waals surface area contributed by atoms with Gasteiger partial charge in [-0.05, 0) is 30.7 Å². The van der Waals surface area contributed by atoms with Gasteiger partial charge in [0, 0.05) is 17.2 Å². The van der Waals surface area contributed by atoms with E-state index < -0.39 is 5.82 Å². The summed E-state index contributed by atoms with van der Waals surface area (Å²) in [7, 11) is 1.45. The van der Waals surface area contributed by atoms with Crippen LogP contribution in [0.2, 0.25) is 0 Å². The number of benzene rings is 1. The topological polar surface area (TPSA) is 48.4 Å². The van der Waals surface area contributed by atoms with Gasteiger partial charge < -0.3 is 9.47 Å². The van der Waals surface area contributed by atoms with Crippen LogP contribution in [0.1, 0.15) is 17.3 Å². The molecular weight excluding hydrogens is 261 g/mol. The zero-order valence-corrected chi connectivity index (χ0v) is 11.2. The first-order valence-corrected chi connectivity index (χ1v) is 6.11. The number of nitrogens with zero attached hydrogens (tertiary/aromatic N) is 1. The zero-order chi connectivity index (χ0) is 14.5. The largest absolute Gasteiger partial charge is 0.494 e. The molecule has 2 rings (SSSR count). The van der Waals surface area contributed by atoms with Crippen LogP contribution in [0.3, 0.4) is 0 Å². The summed E-state index contributed by atoms with van der Waals surface area (Å²) in [6.07, 6.45) is 1.74. The van der Waals surface area contributed by atoms with Crippen molar-refractivity contribution in [3.8, 4) is 22.8 Å². The fourth-order valence-corrected chi connectivity index (χ4v) is 1.87. The number of carbonyl (C=O) groups excluding carboxylic acids is 1. The van der Waals surface area contributed by atoms with Crippen LogP contribution in [0.25, 0.3) is 11.1 Å². The molecule has 0 amide bonds. The molecule has 0 aliphatic carbocycles. The summed E-state index contributed by atoms with van der Waals surface area (Å²) in [5.41, 5.74) is 1.07. The molecule has 1 heterocycles. The number of aldehydes is 1. The van der Waals surface area contributed by atoms with Crippen molar-refractivity contribution >= 4 is 6.29 Å². The second-order valence-electron chi connectivity index (χ2n) is 4.01. The molecular formula is C15H14FNO3. The van der Waals surface area contributed by atoms with Gasteiger partial charge in [0.2, 0.25) is 5.88 Å². The van der Waals surface area contributed by atoms with E-state index in [1.54, 1.807) is 18.2 Å². The molecule has 5 heteroatoms. The summed E-state index contributed by atoms with van der Waals surface area (Å²) in [4.78, 5) is 14.9. The van der Waals surface area contributed by atoms with E-state index >= 15 is 0 Å². The van der Waals surface area contributed by atoms with Gasteiger partial charge >= 0.3 is 0 Å². The molecule has 1 aromatic heterocycles. The molecule has 0 saturated carbocycles. The van der Waals surface area contributed by atoms with Crippen LogP contribution in [0.15, 0.2) is 30.5 Å². The van der Waals surface area contributed by atoms with E-state index in [2.05, 4.69) is 4.98 Å². The van der Waals surface area contributed by atoms with Crippen molar-refractivity contribution in [3.63, 3.8) is 0 Å². The molecule has 0 bridgehead atoms. The summed E-state index contributed by atoms with van der Waals surface area (Å²) >= 11 is 0. The lowest BCUT2D eigenvalue weighted by atomic mass is 10.0. The quantitative estimate of drug-likeness (QED) is 0.787. The van der Waals surface area contributed by atoms with Crippen molar-refractivity contribution < 1.29 is 18.7 Å². The Hall–Kier alpha value is -2.43. The fourth-order valence-electron chi connectivity index (χ4n) is 1.87. The maximum atomic E-state index is 14.0. The van der Waals surface area contributed by atoms with E-state index in [9.17, 15) is 9.18 Å². The third kappa shape index (κ3) is 2.77. The van der Waals surface area contributed by atoms with Crippen LogP contribution in [-0.4, -0.2) is 25.0 Å². The molecule has 0 fully saturated rings. The van der Waals surface area contributed by atoms with Gasteiger partial charge in [-0.25, -0.2) is 9.37 Å². The number of rotatable bonds is 5. The molecule has 0 N–H and O–H groups in total. The first kappa shape index (κ1) is 14.0. The molecule has 0 aliphatic rings.